The first kappa shape index (κ1) is 40.5. The van der Waals surface area contributed by atoms with Gasteiger partial charge in [0.05, 0.1) is 6.42 Å². The lowest BCUT2D eigenvalue weighted by atomic mass is 9.93. The van der Waals surface area contributed by atoms with Crippen LogP contribution in [0.15, 0.2) is 40.9 Å². The van der Waals surface area contributed by atoms with Gasteiger partial charge in [0.2, 0.25) is 17.7 Å². The Labute approximate surface area is 299 Å². The summed E-state index contributed by atoms with van der Waals surface area (Å²) in [4.78, 5) is 65.8. The molecule has 2 heterocycles. The summed E-state index contributed by atoms with van der Waals surface area (Å²) >= 11 is 4.70. The highest BCUT2D eigenvalue weighted by molar-refractivity contribution is 7.81. The summed E-state index contributed by atoms with van der Waals surface area (Å²) in [7, 11) is 0. The third kappa shape index (κ3) is 12.7. The number of hydrogen-bond acceptors (Lipinski definition) is 11. The average molecular weight is 717 g/mol. The van der Waals surface area contributed by atoms with Gasteiger partial charge in [-0.05, 0) is 57.1 Å². The second-order valence-corrected chi connectivity index (χ2v) is 14.3. The van der Waals surface area contributed by atoms with E-state index in [1.54, 1.807) is 20.8 Å². The number of rotatable bonds is 18. The summed E-state index contributed by atoms with van der Waals surface area (Å²) in [6.45, 7) is 11.2. The number of esters is 1. The molecule has 7 atom stereocenters. The fraction of sp³-hybridized carbons (Fsp3) is 0.600. The third-order valence-corrected chi connectivity index (χ3v) is 9.01. The lowest BCUT2D eigenvalue weighted by molar-refractivity contribution is -0.145. The van der Waals surface area contributed by atoms with Crippen LogP contribution in [0.4, 0.5) is 0 Å². The highest BCUT2D eigenvalue weighted by Crippen LogP contribution is 2.24. The predicted molar refractivity (Wildman–Crippen MR) is 189 cm³/mol. The summed E-state index contributed by atoms with van der Waals surface area (Å²) in [6, 6.07) is 7.06. The number of nitrogens with zero attached hydrogens (tertiary/aromatic N) is 1. The van der Waals surface area contributed by atoms with Crippen LogP contribution in [0.25, 0.3) is 0 Å². The van der Waals surface area contributed by atoms with E-state index in [1.807, 2.05) is 44.2 Å². The SMILES string of the molecule is Cc1cc(C(=O)N[C@@H](C)C(=O)N[C@H](C(=O)N[C@@H](CC(C)C)C(=O)N[C@@H](C[C@@H]2CCN[C@@H]2O)[C@H](S)CC(=O)OCc2ccccc2)C(C)C)no1. The fourth-order valence-corrected chi connectivity index (χ4v) is 5.95. The van der Waals surface area contributed by atoms with E-state index in [2.05, 4.69) is 31.7 Å². The monoisotopic (exact) mass is 716 g/mol. The number of aliphatic hydroxyl groups excluding tert-OH is 1. The van der Waals surface area contributed by atoms with Gasteiger partial charge in [-0.25, -0.2) is 0 Å². The predicted octanol–water partition coefficient (Wildman–Crippen LogP) is 2.01. The Morgan fingerprint density at radius 3 is 2.28 bits per heavy atom. The topological polar surface area (TPSA) is 201 Å². The summed E-state index contributed by atoms with van der Waals surface area (Å²) in [5.41, 5.74) is 0.859. The maximum Gasteiger partial charge on any atom is 0.307 e. The van der Waals surface area contributed by atoms with E-state index >= 15 is 0 Å². The number of amides is 4. The van der Waals surface area contributed by atoms with E-state index in [9.17, 15) is 29.1 Å². The minimum absolute atomic E-state index is 0.00705. The van der Waals surface area contributed by atoms with Gasteiger partial charge < -0.3 is 35.6 Å². The largest absolute Gasteiger partial charge is 0.461 e. The Bertz CT molecular complexity index is 1440. The minimum atomic E-state index is -1.02. The molecule has 1 fully saturated rings. The minimum Gasteiger partial charge on any atom is -0.461 e. The van der Waals surface area contributed by atoms with Gasteiger partial charge >= 0.3 is 5.97 Å². The smallest absolute Gasteiger partial charge is 0.307 e. The molecule has 0 bridgehead atoms. The number of thiol groups is 1. The number of hydrogen-bond donors (Lipinski definition) is 7. The van der Waals surface area contributed by atoms with Crippen LogP contribution in [0.1, 0.15) is 82.1 Å². The Morgan fingerprint density at radius 2 is 1.70 bits per heavy atom. The van der Waals surface area contributed by atoms with Crippen molar-refractivity contribution < 1.29 is 38.3 Å². The quantitative estimate of drug-likeness (QED) is 0.0884. The van der Waals surface area contributed by atoms with Gasteiger partial charge in [-0.3, -0.25) is 29.3 Å². The number of ether oxygens (including phenoxy) is 1. The zero-order valence-electron chi connectivity index (χ0n) is 29.6. The van der Waals surface area contributed by atoms with E-state index in [0.717, 1.165) is 5.56 Å². The van der Waals surface area contributed by atoms with Crippen molar-refractivity contribution in [1.82, 2.24) is 31.7 Å². The molecule has 0 unspecified atom stereocenters. The number of aromatic nitrogens is 1. The first-order chi connectivity index (χ1) is 23.6. The average Bonchev–Trinajstić information content (AvgIpc) is 3.69. The normalized spacial score (nSPS) is 18.8. The Balaban J connectivity index is 1.68. The van der Waals surface area contributed by atoms with E-state index in [4.69, 9.17) is 21.9 Å². The molecular weight excluding hydrogens is 664 g/mol. The molecule has 15 heteroatoms. The second-order valence-electron chi connectivity index (χ2n) is 13.7. The van der Waals surface area contributed by atoms with Crippen molar-refractivity contribution in [3.05, 3.63) is 53.4 Å². The molecule has 14 nitrogen and oxygen atoms in total. The number of nitrogens with one attached hydrogen (secondary N) is 5. The summed E-state index contributed by atoms with van der Waals surface area (Å²) in [5, 5.41) is 27.5. The molecule has 1 aliphatic rings. The molecule has 1 aliphatic heterocycles. The first-order valence-corrected chi connectivity index (χ1v) is 17.6. The van der Waals surface area contributed by atoms with E-state index in [0.29, 0.717) is 25.1 Å². The van der Waals surface area contributed by atoms with Crippen molar-refractivity contribution in [3.63, 3.8) is 0 Å². The summed E-state index contributed by atoms with van der Waals surface area (Å²) < 4.78 is 10.4. The Hall–Kier alpha value is -3.95. The van der Waals surface area contributed by atoms with Crippen molar-refractivity contribution in [3.8, 4) is 0 Å². The molecule has 0 spiro atoms. The van der Waals surface area contributed by atoms with Gasteiger partial charge in [0.25, 0.3) is 5.91 Å². The molecule has 6 N–H and O–H groups in total. The molecule has 3 rings (SSSR count). The standard InChI is InChI=1S/C35H52N6O8S/c1-19(2)14-26(39-35(47)30(20(3)4)40-31(43)22(6)37-34(46)27-15-21(5)49-41-27)33(45)38-25(16-24-12-13-36-32(24)44)28(50)17-29(42)48-18-23-10-8-7-9-11-23/h7-11,15,19-20,22,24-26,28,30,32,36,44,50H,12-14,16-18H2,1-6H3,(H,37,46)(H,38,45)(H,39,47)(H,40,43)/t22-,24-,25-,26-,28+,30-,32+/m0/s1. The van der Waals surface area contributed by atoms with Crippen LogP contribution >= 0.6 is 12.6 Å². The fourth-order valence-electron chi connectivity index (χ4n) is 5.61. The van der Waals surface area contributed by atoms with Gasteiger partial charge in [-0.2, -0.15) is 12.6 Å². The number of aryl methyl sites for hydroxylation is 1. The molecule has 1 aromatic heterocycles. The van der Waals surface area contributed by atoms with E-state index in [-0.39, 0.29) is 42.9 Å². The first-order valence-electron chi connectivity index (χ1n) is 17.1. The van der Waals surface area contributed by atoms with Gasteiger partial charge in [-0.1, -0.05) is 63.2 Å². The number of carbonyl (C=O) groups is 5. The maximum atomic E-state index is 13.9. The number of benzene rings is 1. The van der Waals surface area contributed by atoms with Crippen molar-refractivity contribution in [1.29, 1.82) is 0 Å². The van der Waals surface area contributed by atoms with Crippen LogP contribution in [-0.2, 0) is 30.5 Å². The van der Waals surface area contributed by atoms with Gasteiger partial charge in [0.1, 0.15) is 36.7 Å². The van der Waals surface area contributed by atoms with Crippen molar-refractivity contribution in [2.75, 3.05) is 6.54 Å². The molecule has 1 aromatic carbocycles. The van der Waals surface area contributed by atoms with Gasteiger partial charge in [-0.15, -0.1) is 0 Å². The van der Waals surface area contributed by atoms with Crippen LogP contribution in [0.3, 0.4) is 0 Å². The van der Waals surface area contributed by atoms with Crippen molar-refractivity contribution in [2.24, 2.45) is 17.8 Å². The van der Waals surface area contributed by atoms with Crippen LogP contribution in [0.5, 0.6) is 0 Å². The third-order valence-electron chi connectivity index (χ3n) is 8.47. The lowest BCUT2D eigenvalue weighted by Gasteiger charge is -2.31. The van der Waals surface area contributed by atoms with Crippen molar-refractivity contribution >= 4 is 42.2 Å². The molecule has 0 radical (unpaired) electrons. The summed E-state index contributed by atoms with van der Waals surface area (Å²) in [5.74, 6) is -2.85. The molecule has 4 amide bonds. The molecular formula is C35H52N6O8S. The molecule has 0 saturated carbocycles. The van der Waals surface area contributed by atoms with Crippen LogP contribution in [0, 0.1) is 24.7 Å². The van der Waals surface area contributed by atoms with Gasteiger partial charge in [0.15, 0.2) is 5.69 Å². The molecule has 276 valence electrons. The molecule has 0 aliphatic carbocycles. The van der Waals surface area contributed by atoms with Crippen LogP contribution in [0.2, 0.25) is 0 Å². The Kier molecular flexibility index (Phi) is 15.7. The molecule has 50 heavy (non-hydrogen) atoms. The highest BCUT2D eigenvalue weighted by atomic mass is 32.1. The highest BCUT2D eigenvalue weighted by Gasteiger charge is 2.35. The van der Waals surface area contributed by atoms with Crippen molar-refractivity contribution in [2.45, 2.75) is 109 Å². The number of aliphatic hydroxyl groups is 1. The molecule has 2 aromatic rings. The maximum absolute atomic E-state index is 13.9. The zero-order chi connectivity index (χ0) is 37.0. The molecule has 1 saturated heterocycles. The van der Waals surface area contributed by atoms with E-state index < -0.39 is 65.2 Å². The zero-order valence-corrected chi connectivity index (χ0v) is 30.5. The van der Waals surface area contributed by atoms with Crippen LogP contribution < -0.4 is 26.6 Å². The van der Waals surface area contributed by atoms with Gasteiger partial charge in [0, 0.05) is 23.3 Å². The summed E-state index contributed by atoms with van der Waals surface area (Å²) in [6.07, 6.45) is 0.436. The van der Waals surface area contributed by atoms with Crippen LogP contribution in [-0.4, -0.2) is 82.1 Å². The van der Waals surface area contributed by atoms with E-state index in [1.165, 1.54) is 13.0 Å². The lowest BCUT2D eigenvalue weighted by Crippen LogP contribution is -2.59. The Morgan fingerprint density at radius 1 is 1.00 bits per heavy atom. The number of carbonyl (C=O) groups excluding carboxylic acids is 5. The second kappa shape index (κ2) is 19.4.